The minimum Gasteiger partial charge on any atom is -0.493 e. The Morgan fingerprint density at radius 3 is 2.22 bits per heavy atom. The zero-order valence-electron chi connectivity index (χ0n) is 18.3. The van der Waals surface area contributed by atoms with Crippen LogP contribution in [0.1, 0.15) is 16.7 Å². The van der Waals surface area contributed by atoms with Crippen LogP contribution in [0.5, 0.6) is 11.5 Å². The van der Waals surface area contributed by atoms with Gasteiger partial charge in [0.15, 0.2) is 16.6 Å². The first-order chi connectivity index (χ1) is 15.6. The van der Waals surface area contributed by atoms with E-state index < -0.39 is 0 Å². The van der Waals surface area contributed by atoms with Crippen molar-refractivity contribution in [2.24, 2.45) is 0 Å². The van der Waals surface area contributed by atoms with Gasteiger partial charge in [0, 0.05) is 22.9 Å². The van der Waals surface area contributed by atoms with Crippen LogP contribution in [-0.4, -0.2) is 31.0 Å². The van der Waals surface area contributed by atoms with Gasteiger partial charge >= 0.3 is 0 Å². The predicted molar refractivity (Wildman–Crippen MR) is 134 cm³/mol. The zero-order valence-corrected chi connectivity index (χ0v) is 19.9. The van der Waals surface area contributed by atoms with Crippen molar-refractivity contribution >= 4 is 29.1 Å². The molecule has 168 valence electrons. The van der Waals surface area contributed by atoms with Crippen LogP contribution in [0, 0.1) is 0 Å². The highest BCUT2D eigenvalue weighted by Gasteiger charge is 2.08. The molecule has 3 aromatic carbocycles. The second-order valence-electron chi connectivity index (χ2n) is 7.02. The quantitative estimate of drug-likeness (QED) is 0.377. The van der Waals surface area contributed by atoms with Crippen LogP contribution >= 0.6 is 24.0 Å². The third-order valence-corrected chi connectivity index (χ3v) is 6.45. The largest absolute Gasteiger partial charge is 0.493 e. The fourth-order valence-corrected chi connectivity index (χ4v) is 4.44. The molecule has 0 unspecified atom stereocenters. The summed E-state index contributed by atoms with van der Waals surface area (Å²) in [5.74, 6) is 1.45. The fraction of sp³-hybridized carbons (Fsp3) is 0.240. The van der Waals surface area contributed by atoms with Crippen LogP contribution in [0.2, 0.25) is 0 Å². The maximum Gasteiger partial charge on any atom is 0.166 e. The molecule has 0 saturated carbocycles. The van der Waals surface area contributed by atoms with Crippen molar-refractivity contribution in [3.8, 4) is 11.5 Å². The van der Waals surface area contributed by atoms with Crippen LogP contribution in [-0.2, 0) is 19.6 Å². The van der Waals surface area contributed by atoms with Gasteiger partial charge in [0.2, 0.25) is 0 Å². The molecule has 5 nitrogen and oxygen atoms in total. The molecule has 0 aliphatic rings. The number of ether oxygens (including phenoxy) is 2. The van der Waals surface area contributed by atoms with E-state index in [9.17, 15) is 5.11 Å². The molecular formula is C25H28N2O3S2. The molecule has 0 saturated heterocycles. The minimum absolute atomic E-state index is 0.0255. The standard InChI is InChI=1S/C25H28N2O3S2/c1-29-21-12-11-18(15-22(21)30-2)13-14-26-25(31)27-16-19-7-3-5-9-23(19)32-24-10-6-4-8-20(24)17-28/h3-12,15,28H,13-14,16-17H2,1-2H3,(H2,26,27,31). The molecule has 3 N–H and O–H groups in total. The first-order valence-corrected chi connectivity index (χ1v) is 11.5. The van der Waals surface area contributed by atoms with Crippen LogP contribution in [0.15, 0.2) is 76.5 Å². The summed E-state index contributed by atoms with van der Waals surface area (Å²) in [6.45, 7) is 1.35. The molecule has 0 amide bonds. The first kappa shape index (κ1) is 23.9. The van der Waals surface area contributed by atoms with E-state index in [0.717, 1.165) is 44.4 Å². The Bertz CT molecular complexity index is 1040. The molecule has 0 fully saturated rings. The number of rotatable bonds is 10. The van der Waals surface area contributed by atoms with E-state index in [1.165, 1.54) is 0 Å². The van der Waals surface area contributed by atoms with E-state index in [4.69, 9.17) is 21.7 Å². The highest BCUT2D eigenvalue weighted by Crippen LogP contribution is 2.33. The molecule has 0 bridgehead atoms. The Labute approximate surface area is 199 Å². The van der Waals surface area contributed by atoms with Crippen molar-refractivity contribution in [1.82, 2.24) is 10.6 Å². The summed E-state index contributed by atoms with van der Waals surface area (Å²) in [4.78, 5) is 2.19. The Morgan fingerprint density at radius 1 is 0.875 bits per heavy atom. The third kappa shape index (κ3) is 6.63. The maximum atomic E-state index is 9.60. The van der Waals surface area contributed by atoms with Crippen LogP contribution < -0.4 is 20.1 Å². The van der Waals surface area contributed by atoms with Gasteiger partial charge in [0.1, 0.15) is 0 Å². The summed E-state index contributed by atoms with van der Waals surface area (Å²) in [7, 11) is 3.27. The fourth-order valence-electron chi connectivity index (χ4n) is 3.20. The van der Waals surface area contributed by atoms with Gasteiger partial charge in [-0.05, 0) is 59.6 Å². The van der Waals surface area contributed by atoms with Crippen molar-refractivity contribution < 1.29 is 14.6 Å². The molecule has 0 atom stereocenters. The minimum atomic E-state index is 0.0255. The SMILES string of the molecule is COc1ccc(CCNC(=S)NCc2ccccc2Sc2ccccc2CO)cc1OC. The van der Waals surface area contributed by atoms with E-state index in [1.54, 1.807) is 26.0 Å². The van der Waals surface area contributed by atoms with Crippen LogP contribution in [0.3, 0.4) is 0 Å². The van der Waals surface area contributed by atoms with Crippen molar-refractivity contribution in [1.29, 1.82) is 0 Å². The molecule has 32 heavy (non-hydrogen) atoms. The van der Waals surface area contributed by atoms with Crippen molar-refractivity contribution in [3.63, 3.8) is 0 Å². The lowest BCUT2D eigenvalue weighted by Gasteiger charge is -2.14. The van der Waals surface area contributed by atoms with Gasteiger partial charge in [-0.25, -0.2) is 0 Å². The van der Waals surface area contributed by atoms with Gasteiger partial charge in [-0.2, -0.15) is 0 Å². The van der Waals surface area contributed by atoms with Crippen molar-refractivity contribution in [2.45, 2.75) is 29.4 Å². The molecule has 0 aromatic heterocycles. The number of thiocarbonyl (C=S) groups is 1. The highest BCUT2D eigenvalue weighted by molar-refractivity contribution is 7.99. The lowest BCUT2D eigenvalue weighted by molar-refractivity contribution is 0.279. The molecule has 0 radical (unpaired) electrons. The molecule has 0 aliphatic heterocycles. The van der Waals surface area contributed by atoms with Crippen molar-refractivity contribution in [3.05, 3.63) is 83.4 Å². The Kier molecular flexibility index (Phi) is 9.22. The molecule has 3 aromatic rings. The normalized spacial score (nSPS) is 10.5. The third-order valence-electron chi connectivity index (χ3n) is 4.92. The van der Waals surface area contributed by atoms with E-state index in [1.807, 2.05) is 54.6 Å². The van der Waals surface area contributed by atoms with Crippen LogP contribution in [0.25, 0.3) is 0 Å². The Morgan fingerprint density at radius 2 is 1.53 bits per heavy atom. The van der Waals surface area contributed by atoms with Crippen LogP contribution in [0.4, 0.5) is 0 Å². The summed E-state index contributed by atoms with van der Waals surface area (Å²) in [6, 6.07) is 22.0. The molecule has 0 heterocycles. The molecule has 3 rings (SSSR count). The second kappa shape index (κ2) is 12.3. The Balaban J connectivity index is 1.52. The van der Waals surface area contributed by atoms with E-state index in [0.29, 0.717) is 18.2 Å². The number of hydrogen-bond acceptors (Lipinski definition) is 5. The number of aliphatic hydroxyl groups excluding tert-OH is 1. The summed E-state index contributed by atoms with van der Waals surface area (Å²) in [5.41, 5.74) is 3.21. The lowest BCUT2D eigenvalue weighted by Crippen LogP contribution is -2.36. The molecule has 7 heteroatoms. The summed E-state index contributed by atoms with van der Waals surface area (Å²) in [6.07, 6.45) is 0.812. The molecule has 0 spiro atoms. The monoisotopic (exact) mass is 468 g/mol. The molecule has 0 aliphatic carbocycles. The zero-order chi connectivity index (χ0) is 22.8. The average molecular weight is 469 g/mol. The first-order valence-electron chi connectivity index (χ1n) is 10.3. The smallest absolute Gasteiger partial charge is 0.166 e. The maximum absolute atomic E-state index is 9.60. The second-order valence-corrected chi connectivity index (χ2v) is 8.52. The lowest BCUT2D eigenvalue weighted by atomic mass is 10.1. The average Bonchev–Trinajstić information content (AvgIpc) is 2.83. The number of nitrogens with one attached hydrogen (secondary N) is 2. The Hall–Kier alpha value is -2.74. The van der Waals surface area contributed by atoms with Gasteiger partial charge < -0.3 is 25.2 Å². The van der Waals surface area contributed by atoms with Gasteiger partial charge in [0.25, 0.3) is 0 Å². The van der Waals surface area contributed by atoms with Gasteiger partial charge in [-0.15, -0.1) is 0 Å². The van der Waals surface area contributed by atoms with Crippen molar-refractivity contribution in [2.75, 3.05) is 20.8 Å². The van der Waals surface area contributed by atoms with E-state index in [2.05, 4.69) is 22.8 Å². The summed E-state index contributed by atoms with van der Waals surface area (Å²) >= 11 is 7.12. The number of hydrogen-bond donors (Lipinski definition) is 3. The van der Waals surface area contributed by atoms with Gasteiger partial charge in [-0.3, -0.25) is 0 Å². The van der Waals surface area contributed by atoms with E-state index in [-0.39, 0.29) is 6.61 Å². The highest BCUT2D eigenvalue weighted by atomic mass is 32.2. The van der Waals surface area contributed by atoms with Gasteiger partial charge in [0.05, 0.1) is 20.8 Å². The van der Waals surface area contributed by atoms with E-state index >= 15 is 0 Å². The predicted octanol–water partition coefficient (Wildman–Crippen LogP) is 4.55. The topological polar surface area (TPSA) is 62.8 Å². The number of methoxy groups -OCH3 is 2. The van der Waals surface area contributed by atoms with Gasteiger partial charge in [-0.1, -0.05) is 54.2 Å². The molecular weight excluding hydrogens is 440 g/mol. The summed E-state index contributed by atoms with van der Waals surface area (Å²) < 4.78 is 10.6. The summed E-state index contributed by atoms with van der Waals surface area (Å²) in [5, 5.41) is 16.8. The number of benzene rings is 3. The number of aliphatic hydroxyl groups is 1.